The van der Waals surface area contributed by atoms with E-state index < -0.39 is 11.6 Å². The molecule has 0 aromatic carbocycles. The SMILES string of the molecule is CC(C)C(C)(O)C(=O)OC1CCN2CC=C(CO)C12. The van der Waals surface area contributed by atoms with Gasteiger partial charge in [-0.25, -0.2) is 4.79 Å². The number of aliphatic hydroxyl groups is 2. The Morgan fingerprint density at radius 2 is 2.32 bits per heavy atom. The van der Waals surface area contributed by atoms with Crippen molar-refractivity contribution in [3.05, 3.63) is 11.6 Å². The maximum absolute atomic E-state index is 12.1. The van der Waals surface area contributed by atoms with Crippen LogP contribution < -0.4 is 0 Å². The van der Waals surface area contributed by atoms with E-state index in [-0.39, 0.29) is 24.7 Å². The molecule has 1 saturated heterocycles. The van der Waals surface area contributed by atoms with Gasteiger partial charge in [-0.15, -0.1) is 0 Å². The summed E-state index contributed by atoms with van der Waals surface area (Å²) < 4.78 is 5.50. The van der Waals surface area contributed by atoms with E-state index in [2.05, 4.69) is 4.90 Å². The highest BCUT2D eigenvalue weighted by Crippen LogP contribution is 2.32. The zero-order valence-corrected chi connectivity index (χ0v) is 11.8. The molecule has 2 heterocycles. The number of hydrogen-bond donors (Lipinski definition) is 2. The Morgan fingerprint density at radius 1 is 1.63 bits per heavy atom. The zero-order chi connectivity index (χ0) is 14.2. The number of nitrogens with zero attached hydrogens (tertiary/aromatic N) is 1. The first-order chi connectivity index (χ1) is 8.87. The summed E-state index contributed by atoms with van der Waals surface area (Å²) in [6.07, 6.45) is 2.48. The van der Waals surface area contributed by atoms with Crippen LogP contribution in [0, 0.1) is 5.92 Å². The first-order valence-corrected chi connectivity index (χ1v) is 6.85. The molecule has 0 saturated carbocycles. The molecule has 0 aromatic heterocycles. The molecule has 3 unspecified atom stereocenters. The smallest absolute Gasteiger partial charge is 0.338 e. The minimum atomic E-state index is -1.46. The fourth-order valence-electron chi connectivity index (χ4n) is 2.63. The summed E-state index contributed by atoms with van der Waals surface area (Å²) in [5.41, 5.74) is -0.547. The molecular weight excluding hydrogens is 246 g/mol. The van der Waals surface area contributed by atoms with Crippen molar-refractivity contribution < 1.29 is 19.7 Å². The van der Waals surface area contributed by atoms with E-state index in [1.54, 1.807) is 13.8 Å². The average Bonchev–Trinajstić information content (AvgIpc) is 2.91. The van der Waals surface area contributed by atoms with E-state index >= 15 is 0 Å². The Labute approximate surface area is 113 Å². The number of carbonyl (C=O) groups excluding carboxylic acids is 1. The van der Waals surface area contributed by atoms with Crippen LogP contribution in [0.3, 0.4) is 0 Å². The minimum Gasteiger partial charge on any atom is -0.458 e. The van der Waals surface area contributed by atoms with Gasteiger partial charge >= 0.3 is 5.97 Å². The Morgan fingerprint density at radius 3 is 2.89 bits per heavy atom. The number of carbonyl (C=O) groups is 1. The fraction of sp³-hybridized carbons (Fsp3) is 0.786. The topological polar surface area (TPSA) is 70.0 Å². The molecule has 0 aliphatic carbocycles. The molecule has 0 bridgehead atoms. The summed E-state index contributed by atoms with van der Waals surface area (Å²) >= 11 is 0. The van der Waals surface area contributed by atoms with Crippen molar-refractivity contribution >= 4 is 5.97 Å². The van der Waals surface area contributed by atoms with E-state index in [4.69, 9.17) is 4.74 Å². The lowest BCUT2D eigenvalue weighted by Crippen LogP contribution is -2.45. The summed E-state index contributed by atoms with van der Waals surface area (Å²) in [7, 11) is 0. The lowest BCUT2D eigenvalue weighted by Gasteiger charge is -2.29. The van der Waals surface area contributed by atoms with Gasteiger partial charge in [0.15, 0.2) is 5.60 Å². The van der Waals surface area contributed by atoms with Crippen LogP contribution in [0.25, 0.3) is 0 Å². The molecule has 108 valence electrons. The van der Waals surface area contributed by atoms with Gasteiger partial charge in [0.25, 0.3) is 0 Å². The Hall–Kier alpha value is -0.910. The first kappa shape index (κ1) is 14.5. The standard InChI is InChI=1S/C14H23NO4/c1-9(2)14(3,18)13(17)19-11-5-7-15-6-4-10(8-16)12(11)15/h4,9,11-12,16,18H,5-8H2,1-3H3. The van der Waals surface area contributed by atoms with Crippen LogP contribution in [0.15, 0.2) is 11.6 Å². The highest BCUT2D eigenvalue weighted by atomic mass is 16.6. The van der Waals surface area contributed by atoms with Gasteiger partial charge in [-0.3, -0.25) is 4.90 Å². The Bertz CT molecular complexity index is 389. The van der Waals surface area contributed by atoms with Crippen LogP contribution in [0.1, 0.15) is 27.2 Å². The molecule has 2 rings (SSSR count). The molecule has 5 heteroatoms. The van der Waals surface area contributed by atoms with Gasteiger partial charge in [0, 0.05) is 13.1 Å². The van der Waals surface area contributed by atoms with Gasteiger partial charge in [-0.05, 0) is 24.8 Å². The third-order valence-electron chi connectivity index (χ3n) is 4.39. The number of fused-ring (bicyclic) bond motifs is 1. The number of rotatable bonds is 4. The van der Waals surface area contributed by atoms with Crippen molar-refractivity contribution in [2.24, 2.45) is 5.92 Å². The predicted molar refractivity (Wildman–Crippen MR) is 70.5 cm³/mol. The monoisotopic (exact) mass is 269 g/mol. The molecule has 0 radical (unpaired) electrons. The van der Waals surface area contributed by atoms with E-state index in [0.717, 1.165) is 25.1 Å². The molecule has 0 amide bonds. The molecule has 2 aliphatic rings. The molecule has 2 aliphatic heterocycles. The molecule has 19 heavy (non-hydrogen) atoms. The molecule has 2 N–H and O–H groups in total. The van der Waals surface area contributed by atoms with E-state index in [0.29, 0.717) is 0 Å². The number of aliphatic hydroxyl groups excluding tert-OH is 1. The largest absolute Gasteiger partial charge is 0.458 e. The highest BCUT2D eigenvalue weighted by Gasteiger charge is 2.44. The van der Waals surface area contributed by atoms with Crippen LogP contribution in [0.4, 0.5) is 0 Å². The molecule has 1 fully saturated rings. The highest BCUT2D eigenvalue weighted by molar-refractivity contribution is 5.79. The second kappa shape index (κ2) is 5.23. The van der Waals surface area contributed by atoms with Crippen molar-refractivity contribution in [1.29, 1.82) is 0 Å². The lowest BCUT2D eigenvalue weighted by atomic mass is 9.92. The first-order valence-electron chi connectivity index (χ1n) is 6.85. The lowest BCUT2D eigenvalue weighted by molar-refractivity contribution is -0.174. The second-order valence-electron chi connectivity index (χ2n) is 5.91. The summed E-state index contributed by atoms with van der Waals surface area (Å²) in [6, 6.07) is -0.0167. The molecule has 5 nitrogen and oxygen atoms in total. The van der Waals surface area contributed by atoms with Crippen molar-refractivity contribution in [1.82, 2.24) is 4.90 Å². The molecular formula is C14H23NO4. The third-order valence-corrected chi connectivity index (χ3v) is 4.39. The number of hydrogen-bond acceptors (Lipinski definition) is 5. The van der Waals surface area contributed by atoms with Gasteiger partial charge in [-0.2, -0.15) is 0 Å². The van der Waals surface area contributed by atoms with Crippen LogP contribution in [0.5, 0.6) is 0 Å². The van der Waals surface area contributed by atoms with E-state index in [9.17, 15) is 15.0 Å². The minimum absolute atomic E-state index is 0.00418. The summed E-state index contributed by atoms with van der Waals surface area (Å²) in [5.74, 6) is -0.771. The molecule has 3 atom stereocenters. The summed E-state index contributed by atoms with van der Waals surface area (Å²) in [6.45, 7) is 6.72. The molecule has 0 aromatic rings. The number of esters is 1. The molecule has 0 spiro atoms. The quantitative estimate of drug-likeness (QED) is 0.568. The van der Waals surface area contributed by atoms with E-state index in [1.165, 1.54) is 6.92 Å². The van der Waals surface area contributed by atoms with Gasteiger partial charge in [0.2, 0.25) is 0 Å². The third kappa shape index (κ3) is 2.55. The van der Waals surface area contributed by atoms with Gasteiger partial charge in [0.1, 0.15) is 6.10 Å². The van der Waals surface area contributed by atoms with Crippen molar-refractivity contribution in [2.45, 2.75) is 44.9 Å². The van der Waals surface area contributed by atoms with Gasteiger partial charge in [-0.1, -0.05) is 19.9 Å². The average molecular weight is 269 g/mol. The van der Waals surface area contributed by atoms with Gasteiger partial charge in [0.05, 0.1) is 12.6 Å². The maximum atomic E-state index is 12.1. The Balaban J connectivity index is 2.04. The summed E-state index contributed by atoms with van der Waals surface area (Å²) in [4.78, 5) is 14.3. The zero-order valence-electron chi connectivity index (χ0n) is 11.8. The van der Waals surface area contributed by atoms with Crippen molar-refractivity contribution in [3.63, 3.8) is 0 Å². The number of ether oxygens (including phenoxy) is 1. The predicted octanol–water partition coefficient (Wildman–Crippen LogP) is 0.312. The second-order valence-corrected chi connectivity index (χ2v) is 5.91. The summed E-state index contributed by atoms with van der Waals surface area (Å²) in [5, 5.41) is 19.5. The van der Waals surface area contributed by atoms with Crippen LogP contribution in [-0.4, -0.2) is 58.5 Å². The van der Waals surface area contributed by atoms with E-state index in [1.807, 2.05) is 6.08 Å². The van der Waals surface area contributed by atoms with Crippen LogP contribution in [-0.2, 0) is 9.53 Å². The Kier molecular flexibility index (Phi) is 3.99. The van der Waals surface area contributed by atoms with Gasteiger partial charge < -0.3 is 14.9 Å². The fourth-order valence-corrected chi connectivity index (χ4v) is 2.63. The van der Waals surface area contributed by atoms with Crippen molar-refractivity contribution in [3.8, 4) is 0 Å². The van der Waals surface area contributed by atoms with Crippen LogP contribution >= 0.6 is 0 Å². The van der Waals surface area contributed by atoms with Crippen LogP contribution in [0.2, 0.25) is 0 Å². The maximum Gasteiger partial charge on any atom is 0.338 e. The normalized spacial score (nSPS) is 30.1. The van der Waals surface area contributed by atoms with Crippen molar-refractivity contribution in [2.75, 3.05) is 19.7 Å².